The first-order valence-electron chi connectivity index (χ1n) is 10.5. The van der Waals surface area contributed by atoms with E-state index >= 15 is 0 Å². The van der Waals surface area contributed by atoms with Gasteiger partial charge in [-0.15, -0.1) is 0 Å². The van der Waals surface area contributed by atoms with Gasteiger partial charge in [-0.05, 0) is 55.7 Å². The van der Waals surface area contributed by atoms with Crippen molar-refractivity contribution in [2.75, 3.05) is 19.6 Å². The first-order valence-corrected chi connectivity index (χ1v) is 10.5. The predicted octanol–water partition coefficient (Wildman–Crippen LogP) is 3.57. The van der Waals surface area contributed by atoms with Gasteiger partial charge in [0.15, 0.2) is 11.2 Å². The Morgan fingerprint density at radius 2 is 1.81 bits per heavy atom. The summed E-state index contributed by atoms with van der Waals surface area (Å²) < 4.78 is 16.6. The lowest BCUT2D eigenvalue weighted by molar-refractivity contribution is 0.289. The Morgan fingerprint density at radius 1 is 1.06 bits per heavy atom. The zero-order valence-electron chi connectivity index (χ0n) is 17.6. The van der Waals surface area contributed by atoms with Crippen molar-refractivity contribution in [3.05, 3.63) is 73.9 Å². The van der Waals surface area contributed by atoms with Crippen LogP contribution in [-0.2, 0) is 12.0 Å². The number of hydrogen-bond donors (Lipinski definition) is 0. The lowest BCUT2D eigenvalue weighted by Gasteiger charge is -2.29. The molecule has 1 unspecified atom stereocenters. The van der Waals surface area contributed by atoms with Crippen LogP contribution in [0, 0.1) is 11.3 Å². The lowest BCUT2D eigenvalue weighted by Crippen LogP contribution is -2.31. The number of nitriles is 1. The van der Waals surface area contributed by atoms with E-state index in [1.54, 1.807) is 6.07 Å². The highest BCUT2D eigenvalue weighted by Crippen LogP contribution is 2.47. The third kappa shape index (κ3) is 3.53. The van der Waals surface area contributed by atoms with Crippen molar-refractivity contribution in [3.8, 4) is 11.8 Å². The van der Waals surface area contributed by atoms with Gasteiger partial charge in [0.05, 0.1) is 11.6 Å². The molecule has 31 heavy (non-hydrogen) atoms. The van der Waals surface area contributed by atoms with Gasteiger partial charge in [-0.3, -0.25) is 0 Å². The molecule has 2 aromatic carbocycles. The molecule has 3 aromatic rings. The van der Waals surface area contributed by atoms with Crippen LogP contribution in [0.4, 0.5) is 0 Å². The van der Waals surface area contributed by atoms with Crippen LogP contribution in [0.25, 0.3) is 11.2 Å². The summed E-state index contributed by atoms with van der Waals surface area (Å²) in [5.74, 6) is 0.449. The van der Waals surface area contributed by atoms with Crippen LogP contribution in [0.3, 0.4) is 0 Å². The summed E-state index contributed by atoms with van der Waals surface area (Å²) in [6.45, 7) is 7.19. The van der Waals surface area contributed by atoms with Gasteiger partial charge in [-0.2, -0.15) is 5.26 Å². The topological polar surface area (TPSA) is 96.7 Å². The van der Waals surface area contributed by atoms with Crippen LogP contribution >= 0.6 is 0 Å². The highest BCUT2D eigenvalue weighted by Gasteiger charge is 2.43. The fourth-order valence-corrected chi connectivity index (χ4v) is 4.42. The molecule has 0 N–H and O–H groups in total. The Balaban J connectivity index is 1.97. The van der Waals surface area contributed by atoms with Crippen molar-refractivity contribution in [2.24, 2.45) is 0 Å². The van der Waals surface area contributed by atoms with E-state index in [1.165, 1.54) is 6.07 Å². The molecule has 1 aromatic heterocycles. The summed E-state index contributed by atoms with van der Waals surface area (Å²) in [4.78, 5) is 26.1. The van der Waals surface area contributed by atoms with Crippen molar-refractivity contribution >= 4 is 11.2 Å². The molecule has 1 aliphatic heterocycles. The van der Waals surface area contributed by atoms with Crippen molar-refractivity contribution in [2.45, 2.75) is 38.7 Å². The van der Waals surface area contributed by atoms with E-state index in [-0.39, 0.29) is 17.8 Å². The normalized spacial score (nSPS) is 17.5. The van der Waals surface area contributed by atoms with Gasteiger partial charge in [-0.25, -0.2) is 9.59 Å². The highest BCUT2D eigenvalue weighted by molar-refractivity contribution is 5.81. The molecule has 0 radical (unpaired) electrons. The van der Waals surface area contributed by atoms with E-state index in [4.69, 9.17) is 13.6 Å². The van der Waals surface area contributed by atoms with Crippen LogP contribution in [0.2, 0.25) is 0 Å². The van der Waals surface area contributed by atoms with Crippen LogP contribution in [0.15, 0.2) is 54.8 Å². The molecule has 0 saturated carbocycles. The summed E-state index contributed by atoms with van der Waals surface area (Å²) in [6, 6.07) is 13.4. The van der Waals surface area contributed by atoms with Gasteiger partial charge in [0, 0.05) is 0 Å². The predicted molar refractivity (Wildman–Crippen MR) is 115 cm³/mol. The minimum Gasteiger partial charge on any atom is -0.488 e. The molecule has 0 amide bonds. The molecular formula is C24H24N2O5. The van der Waals surface area contributed by atoms with Crippen LogP contribution in [0.5, 0.6) is 5.75 Å². The number of ether oxygens (including phenoxy) is 1. The second-order valence-corrected chi connectivity index (χ2v) is 7.64. The minimum absolute atomic E-state index is 0.0863. The maximum Gasteiger partial charge on any atom is 0.423 e. The second kappa shape index (κ2) is 8.40. The summed E-state index contributed by atoms with van der Waals surface area (Å²) in [5, 5.41) is 10.6. The number of rotatable bonds is 6. The molecule has 7 nitrogen and oxygen atoms in total. The van der Waals surface area contributed by atoms with Crippen molar-refractivity contribution in [3.63, 3.8) is 0 Å². The zero-order chi connectivity index (χ0) is 22.0. The molecule has 7 heteroatoms. The number of benzene rings is 2. The van der Waals surface area contributed by atoms with Crippen molar-refractivity contribution in [1.82, 2.24) is 4.90 Å². The van der Waals surface area contributed by atoms with E-state index in [1.807, 2.05) is 24.3 Å². The molecule has 0 fully saturated rings. The Bertz CT molecular complexity index is 1270. The Morgan fingerprint density at radius 3 is 2.55 bits per heavy atom. The molecule has 4 rings (SSSR count). The second-order valence-electron chi connectivity index (χ2n) is 7.64. The van der Waals surface area contributed by atoms with E-state index < -0.39 is 16.7 Å². The van der Waals surface area contributed by atoms with Crippen molar-refractivity contribution in [1.29, 1.82) is 5.26 Å². The molecule has 0 saturated heterocycles. The Kier molecular flexibility index (Phi) is 5.66. The molecule has 1 aliphatic rings. The smallest absolute Gasteiger partial charge is 0.423 e. The van der Waals surface area contributed by atoms with Crippen LogP contribution in [0.1, 0.15) is 43.4 Å². The maximum absolute atomic E-state index is 12.0. The van der Waals surface area contributed by atoms with Crippen LogP contribution < -0.4 is 16.0 Å². The Hall–Kier alpha value is -3.37. The highest BCUT2D eigenvalue weighted by atomic mass is 16.5. The third-order valence-electron chi connectivity index (χ3n) is 6.05. The SMILES string of the molecule is CCN(CC)CCCC1(C#N)c2ccccc2COc2ccc3oc(=O)c(=O)oc3c21. The summed E-state index contributed by atoms with van der Waals surface area (Å²) in [5.41, 5.74) is -0.936. The third-order valence-corrected chi connectivity index (χ3v) is 6.05. The molecule has 0 bridgehead atoms. The molecule has 0 aliphatic carbocycles. The van der Waals surface area contributed by atoms with Gasteiger partial charge in [0.25, 0.3) is 0 Å². The maximum atomic E-state index is 12.0. The fraction of sp³-hybridized carbons (Fsp3) is 0.375. The van der Waals surface area contributed by atoms with Gasteiger partial charge < -0.3 is 18.5 Å². The van der Waals surface area contributed by atoms with Gasteiger partial charge >= 0.3 is 11.3 Å². The van der Waals surface area contributed by atoms with E-state index in [2.05, 4.69) is 24.8 Å². The average Bonchev–Trinajstić information content (AvgIpc) is 2.93. The summed E-state index contributed by atoms with van der Waals surface area (Å²) >= 11 is 0. The van der Waals surface area contributed by atoms with Crippen molar-refractivity contribution < 1.29 is 13.6 Å². The van der Waals surface area contributed by atoms with Gasteiger partial charge in [0.1, 0.15) is 17.8 Å². The van der Waals surface area contributed by atoms with E-state index in [0.29, 0.717) is 17.7 Å². The summed E-state index contributed by atoms with van der Waals surface area (Å²) in [7, 11) is 0. The number of fused-ring (bicyclic) bond motifs is 4. The standard InChI is InChI=1S/C24H24N2O5/c1-3-26(4-2)13-7-12-24(15-25)17-9-6-5-8-16(17)14-29-18-10-11-19-21(20(18)24)31-23(28)22(27)30-19/h5-6,8-11H,3-4,7,12-14H2,1-2H3. The first kappa shape index (κ1) is 20.9. The fourth-order valence-electron chi connectivity index (χ4n) is 4.42. The molecule has 0 spiro atoms. The van der Waals surface area contributed by atoms with E-state index in [9.17, 15) is 14.9 Å². The quantitative estimate of drug-likeness (QED) is 0.562. The van der Waals surface area contributed by atoms with Gasteiger partial charge in [-0.1, -0.05) is 38.1 Å². The average molecular weight is 420 g/mol. The largest absolute Gasteiger partial charge is 0.488 e. The minimum atomic E-state index is -1.12. The zero-order valence-corrected chi connectivity index (χ0v) is 17.6. The molecule has 2 heterocycles. The van der Waals surface area contributed by atoms with E-state index in [0.717, 1.165) is 37.2 Å². The molecule has 160 valence electrons. The number of hydrogen-bond acceptors (Lipinski definition) is 7. The first-order chi connectivity index (χ1) is 15.0. The van der Waals surface area contributed by atoms with Crippen LogP contribution in [-0.4, -0.2) is 24.5 Å². The lowest BCUT2D eigenvalue weighted by atomic mass is 9.70. The molecule has 1 atom stereocenters. The summed E-state index contributed by atoms with van der Waals surface area (Å²) in [6.07, 6.45) is 1.25. The molecular weight excluding hydrogens is 396 g/mol. The monoisotopic (exact) mass is 420 g/mol. The van der Waals surface area contributed by atoms with Gasteiger partial charge in [0.2, 0.25) is 0 Å². The number of nitrogens with zero attached hydrogens (tertiary/aromatic N) is 2. The Labute approximate surface area is 179 Å².